The first-order valence-electron chi connectivity index (χ1n) is 6.25. The molecule has 2 rings (SSSR count). The molecule has 0 radical (unpaired) electrons. The van der Waals surface area contributed by atoms with E-state index in [4.69, 9.17) is 34.8 Å². The van der Waals surface area contributed by atoms with Gasteiger partial charge in [-0.2, -0.15) is 0 Å². The van der Waals surface area contributed by atoms with Crippen molar-refractivity contribution in [2.45, 2.75) is 0 Å². The number of carbonyl (C=O) groups excluding carboxylic acids is 1. The Morgan fingerprint density at radius 2 is 1.83 bits per heavy atom. The molecular weight excluding hydrogens is 363 g/mol. The molecule has 0 aliphatic heterocycles. The first-order chi connectivity index (χ1) is 10.9. The van der Waals surface area contributed by atoms with Gasteiger partial charge in [0.15, 0.2) is 0 Å². The number of non-ortho nitro benzene ring substituents is 1. The highest BCUT2D eigenvalue weighted by molar-refractivity contribution is 6.35. The van der Waals surface area contributed by atoms with Crippen molar-refractivity contribution in [1.82, 2.24) is 0 Å². The van der Waals surface area contributed by atoms with Gasteiger partial charge in [-0.25, -0.2) is 0 Å². The van der Waals surface area contributed by atoms with E-state index < -0.39 is 10.8 Å². The summed E-state index contributed by atoms with van der Waals surface area (Å²) in [5.74, 6) is -0.501. The summed E-state index contributed by atoms with van der Waals surface area (Å²) in [7, 11) is 0. The molecule has 0 aromatic heterocycles. The zero-order chi connectivity index (χ0) is 17.0. The predicted octanol–water partition coefficient (Wildman–Crippen LogP) is 5.21. The van der Waals surface area contributed by atoms with Gasteiger partial charge in [0.1, 0.15) is 0 Å². The van der Waals surface area contributed by atoms with E-state index in [-0.39, 0.29) is 16.4 Å². The van der Waals surface area contributed by atoms with E-state index in [0.29, 0.717) is 15.6 Å². The topological polar surface area (TPSA) is 72.2 Å². The molecule has 0 saturated carbocycles. The minimum Gasteiger partial charge on any atom is -0.321 e. The quantitative estimate of drug-likeness (QED) is 0.456. The van der Waals surface area contributed by atoms with Crippen LogP contribution in [0.25, 0.3) is 6.08 Å². The zero-order valence-electron chi connectivity index (χ0n) is 11.4. The molecule has 0 atom stereocenters. The van der Waals surface area contributed by atoms with Crippen LogP contribution in [0, 0.1) is 10.1 Å². The fraction of sp³-hybridized carbons (Fsp3) is 0. The zero-order valence-corrected chi connectivity index (χ0v) is 13.7. The fourth-order valence-electron chi connectivity index (χ4n) is 1.70. The van der Waals surface area contributed by atoms with Crippen LogP contribution in [0.2, 0.25) is 15.1 Å². The third-order valence-electron chi connectivity index (χ3n) is 2.80. The number of carbonyl (C=O) groups is 1. The molecule has 2 aromatic carbocycles. The molecule has 8 heteroatoms. The lowest BCUT2D eigenvalue weighted by Crippen LogP contribution is -2.08. The third kappa shape index (κ3) is 4.69. The number of nitrogens with zero attached hydrogens (tertiary/aromatic N) is 1. The SMILES string of the molecule is O=C(C=Cc1ccc(Cl)cc1Cl)Nc1cc([N+](=O)[O-])ccc1Cl. The average molecular weight is 372 g/mol. The normalized spacial score (nSPS) is 10.7. The highest BCUT2D eigenvalue weighted by Gasteiger charge is 2.11. The Labute approximate surface area is 146 Å². The van der Waals surface area contributed by atoms with Crippen LogP contribution >= 0.6 is 34.8 Å². The van der Waals surface area contributed by atoms with Gasteiger partial charge in [0.05, 0.1) is 15.6 Å². The van der Waals surface area contributed by atoms with Gasteiger partial charge < -0.3 is 5.32 Å². The number of nitrogens with one attached hydrogen (secondary N) is 1. The monoisotopic (exact) mass is 370 g/mol. The van der Waals surface area contributed by atoms with E-state index in [0.717, 1.165) is 0 Å². The molecule has 0 heterocycles. The maximum Gasteiger partial charge on any atom is 0.271 e. The Bertz CT molecular complexity index is 807. The molecule has 23 heavy (non-hydrogen) atoms. The highest BCUT2D eigenvalue weighted by Crippen LogP contribution is 2.27. The second-order valence-electron chi connectivity index (χ2n) is 4.41. The van der Waals surface area contributed by atoms with Crippen LogP contribution in [0.15, 0.2) is 42.5 Å². The number of hydrogen-bond donors (Lipinski definition) is 1. The second kappa shape index (κ2) is 7.46. The summed E-state index contributed by atoms with van der Waals surface area (Å²) in [6, 6.07) is 8.63. The Hall–Kier alpha value is -2.08. The molecule has 0 aliphatic carbocycles. The Kier molecular flexibility index (Phi) is 5.60. The van der Waals surface area contributed by atoms with Crippen LogP contribution in [-0.2, 0) is 4.79 Å². The number of anilines is 1. The van der Waals surface area contributed by atoms with Gasteiger partial charge in [0.2, 0.25) is 5.91 Å². The van der Waals surface area contributed by atoms with Gasteiger partial charge in [0, 0.05) is 28.3 Å². The maximum absolute atomic E-state index is 11.9. The Morgan fingerprint density at radius 3 is 2.48 bits per heavy atom. The van der Waals surface area contributed by atoms with Crippen LogP contribution in [0.4, 0.5) is 11.4 Å². The van der Waals surface area contributed by atoms with Crippen molar-refractivity contribution in [2.75, 3.05) is 5.32 Å². The number of benzene rings is 2. The van der Waals surface area contributed by atoms with Crippen molar-refractivity contribution in [1.29, 1.82) is 0 Å². The van der Waals surface area contributed by atoms with Crippen molar-refractivity contribution in [2.24, 2.45) is 0 Å². The first kappa shape index (κ1) is 17.3. The van der Waals surface area contributed by atoms with Crippen molar-refractivity contribution in [3.05, 3.63) is 73.2 Å². The number of halogens is 3. The van der Waals surface area contributed by atoms with E-state index >= 15 is 0 Å². The van der Waals surface area contributed by atoms with Gasteiger partial charge in [0.25, 0.3) is 5.69 Å². The number of nitro benzene ring substituents is 1. The summed E-state index contributed by atoms with van der Waals surface area (Å²) < 4.78 is 0. The summed E-state index contributed by atoms with van der Waals surface area (Å²) in [6.45, 7) is 0. The number of nitro groups is 1. The molecule has 118 valence electrons. The largest absolute Gasteiger partial charge is 0.321 e. The molecule has 0 bridgehead atoms. The molecule has 0 spiro atoms. The predicted molar refractivity (Wildman–Crippen MR) is 92.2 cm³/mol. The highest BCUT2D eigenvalue weighted by atomic mass is 35.5. The molecule has 0 fully saturated rings. The summed E-state index contributed by atoms with van der Waals surface area (Å²) in [6.07, 6.45) is 2.74. The van der Waals surface area contributed by atoms with E-state index in [9.17, 15) is 14.9 Å². The van der Waals surface area contributed by atoms with Crippen molar-refractivity contribution < 1.29 is 9.72 Å². The number of amides is 1. The Balaban J connectivity index is 2.14. The molecule has 1 N–H and O–H groups in total. The smallest absolute Gasteiger partial charge is 0.271 e. The fourth-order valence-corrected chi connectivity index (χ4v) is 2.34. The van der Waals surface area contributed by atoms with E-state index in [1.54, 1.807) is 18.2 Å². The number of rotatable bonds is 4. The first-order valence-corrected chi connectivity index (χ1v) is 7.38. The van der Waals surface area contributed by atoms with Gasteiger partial charge in [-0.3, -0.25) is 14.9 Å². The molecule has 0 aliphatic rings. The molecule has 5 nitrogen and oxygen atoms in total. The summed E-state index contributed by atoms with van der Waals surface area (Å²) in [5, 5.41) is 14.3. The lowest BCUT2D eigenvalue weighted by atomic mass is 10.2. The molecule has 0 saturated heterocycles. The van der Waals surface area contributed by atoms with Crippen LogP contribution < -0.4 is 5.32 Å². The van der Waals surface area contributed by atoms with Crippen molar-refractivity contribution in [3.63, 3.8) is 0 Å². The average Bonchev–Trinajstić information content (AvgIpc) is 2.48. The van der Waals surface area contributed by atoms with Gasteiger partial charge >= 0.3 is 0 Å². The van der Waals surface area contributed by atoms with Crippen LogP contribution in [-0.4, -0.2) is 10.8 Å². The van der Waals surface area contributed by atoms with Crippen LogP contribution in [0.3, 0.4) is 0 Å². The van der Waals surface area contributed by atoms with E-state index in [2.05, 4.69) is 5.32 Å². The second-order valence-corrected chi connectivity index (χ2v) is 5.66. The third-order valence-corrected chi connectivity index (χ3v) is 3.69. The lowest BCUT2D eigenvalue weighted by Gasteiger charge is -2.05. The molecule has 1 amide bonds. The molecular formula is C15H9Cl3N2O3. The molecule has 2 aromatic rings. The van der Waals surface area contributed by atoms with E-state index in [1.165, 1.54) is 30.4 Å². The Morgan fingerprint density at radius 1 is 1.09 bits per heavy atom. The van der Waals surface area contributed by atoms with Gasteiger partial charge in [-0.05, 0) is 29.8 Å². The summed E-state index contributed by atoms with van der Waals surface area (Å²) >= 11 is 17.7. The summed E-state index contributed by atoms with van der Waals surface area (Å²) in [5.41, 5.74) is 0.587. The van der Waals surface area contributed by atoms with Crippen LogP contribution in [0.1, 0.15) is 5.56 Å². The standard InChI is InChI=1S/C15H9Cl3N2O3/c16-10-3-1-9(13(18)7-10)2-6-15(21)19-14-8-11(20(22)23)4-5-12(14)17/h1-8H,(H,19,21). The molecule has 0 unspecified atom stereocenters. The lowest BCUT2D eigenvalue weighted by molar-refractivity contribution is -0.384. The summed E-state index contributed by atoms with van der Waals surface area (Å²) in [4.78, 5) is 22.1. The van der Waals surface area contributed by atoms with Crippen LogP contribution in [0.5, 0.6) is 0 Å². The van der Waals surface area contributed by atoms with Crippen molar-refractivity contribution in [3.8, 4) is 0 Å². The number of hydrogen-bond acceptors (Lipinski definition) is 3. The minimum absolute atomic E-state index is 0.151. The van der Waals surface area contributed by atoms with Crippen molar-refractivity contribution >= 4 is 58.2 Å². The minimum atomic E-state index is -0.574. The van der Waals surface area contributed by atoms with Gasteiger partial charge in [-0.15, -0.1) is 0 Å². The maximum atomic E-state index is 11.9. The van der Waals surface area contributed by atoms with Gasteiger partial charge in [-0.1, -0.05) is 40.9 Å². The van der Waals surface area contributed by atoms with E-state index in [1.807, 2.05) is 0 Å².